The molecule has 0 aromatic heterocycles. The molecule has 0 bridgehead atoms. The van der Waals surface area contributed by atoms with Crippen LogP contribution < -0.4 is 5.32 Å². The minimum atomic E-state index is -4.19. The maximum atomic E-state index is 11.8. The molecule has 0 aliphatic rings. The molecule has 1 rings (SSSR count). The lowest BCUT2D eigenvalue weighted by Gasteiger charge is -2.10. The van der Waals surface area contributed by atoms with E-state index in [0.717, 1.165) is 0 Å². The molecule has 0 aliphatic heterocycles. The summed E-state index contributed by atoms with van der Waals surface area (Å²) in [5.74, 6) is 0. The van der Waals surface area contributed by atoms with Crippen molar-refractivity contribution in [3.05, 3.63) is 28.7 Å². The lowest BCUT2D eigenvalue weighted by atomic mass is 10.3. The van der Waals surface area contributed by atoms with Crippen molar-refractivity contribution in [3.8, 4) is 0 Å². The van der Waals surface area contributed by atoms with E-state index in [9.17, 15) is 13.2 Å². The van der Waals surface area contributed by atoms with Crippen molar-refractivity contribution >= 4 is 21.6 Å². The topological polar surface area (TPSA) is 12.0 Å². The number of alkyl halides is 3. The molecule has 1 N–H and O–H groups in total. The van der Waals surface area contributed by atoms with Gasteiger partial charge in [0.2, 0.25) is 0 Å². The second kappa shape index (κ2) is 4.00. The molecule has 0 spiro atoms. The predicted octanol–water partition coefficient (Wildman–Crippen LogP) is 3.42. The fourth-order valence-corrected chi connectivity index (χ4v) is 1.22. The van der Waals surface area contributed by atoms with Gasteiger partial charge in [0.05, 0.1) is 0 Å². The van der Waals surface area contributed by atoms with Gasteiger partial charge in [-0.3, -0.25) is 0 Å². The molecule has 0 unspecified atom stereocenters. The smallest absolute Gasteiger partial charge is 0.376 e. The lowest BCUT2D eigenvalue weighted by molar-refractivity contribution is -0.115. The van der Waals surface area contributed by atoms with Crippen LogP contribution in [0.5, 0.6) is 0 Å². The summed E-state index contributed by atoms with van der Waals surface area (Å²) in [6.45, 7) is -1.02. The van der Waals surface area contributed by atoms with Crippen molar-refractivity contribution in [2.45, 2.75) is 6.18 Å². The van der Waals surface area contributed by atoms with Gasteiger partial charge in [-0.25, -0.2) is 0 Å². The maximum absolute atomic E-state index is 11.8. The standard InChI is InChI=1S/C8H7BrF3N/c9-6-3-1-2-4-7(6)13-5-8(10,11)12/h1-4,13H,5H2. The number of para-hydroxylation sites is 1. The zero-order valence-corrected chi connectivity index (χ0v) is 8.11. The van der Waals surface area contributed by atoms with Crippen molar-refractivity contribution in [2.24, 2.45) is 0 Å². The lowest BCUT2D eigenvalue weighted by Crippen LogP contribution is -2.21. The van der Waals surface area contributed by atoms with Gasteiger partial charge in [-0.05, 0) is 28.1 Å². The SMILES string of the molecule is FC(F)(F)CNc1ccccc1Br. The molecule has 5 heteroatoms. The van der Waals surface area contributed by atoms with E-state index in [1.807, 2.05) is 0 Å². The molecule has 0 saturated heterocycles. The van der Waals surface area contributed by atoms with Crippen LogP contribution in [0.25, 0.3) is 0 Å². The Labute approximate surface area is 82.1 Å². The minimum absolute atomic E-state index is 0.444. The molecule has 72 valence electrons. The first-order valence-corrected chi connectivity index (χ1v) is 4.33. The van der Waals surface area contributed by atoms with Crippen LogP contribution in [0.3, 0.4) is 0 Å². The molecule has 13 heavy (non-hydrogen) atoms. The average molecular weight is 254 g/mol. The number of rotatable bonds is 2. The van der Waals surface area contributed by atoms with Crippen LogP contribution in [0.4, 0.5) is 18.9 Å². The summed E-state index contributed by atoms with van der Waals surface area (Å²) in [5.41, 5.74) is 0.444. The van der Waals surface area contributed by atoms with E-state index < -0.39 is 12.7 Å². The molecule has 0 fully saturated rings. The normalized spacial score (nSPS) is 11.4. The Kier molecular flexibility index (Phi) is 3.19. The van der Waals surface area contributed by atoms with Gasteiger partial charge in [0.15, 0.2) is 0 Å². The van der Waals surface area contributed by atoms with Crippen molar-refractivity contribution in [3.63, 3.8) is 0 Å². The van der Waals surface area contributed by atoms with Gasteiger partial charge in [0.25, 0.3) is 0 Å². The van der Waals surface area contributed by atoms with Crippen LogP contribution >= 0.6 is 15.9 Å². The fourth-order valence-electron chi connectivity index (χ4n) is 0.800. The summed E-state index contributed by atoms with van der Waals surface area (Å²) in [6.07, 6.45) is -4.19. The number of hydrogen-bond acceptors (Lipinski definition) is 1. The Morgan fingerprint density at radius 1 is 1.23 bits per heavy atom. The monoisotopic (exact) mass is 253 g/mol. The summed E-state index contributed by atoms with van der Waals surface area (Å²) in [7, 11) is 0. The second-order valence-corrected chi connectivity index (χ2v) is 3.30. The van der Waals surface area contributed by atoms with Crippen LogP contribution in [-0.4, -0.2) is 12.7 Å². The Morgan fingerprint density at radius 2 is 1.85 bits per heavy atom. The quantitative estimate of drug-likeness (QED) is 0.852. The van der Waals surface area contributed by atoms with Crippen molar-refractivity contribution in [2.75, 3.05) is 11.9 Å². The first-order valence-electron chi connectivity index (χ1n) is 3.54. The highest BCUT2D eigenvalue weighted by Crippen LogP contribution is 2.23. The van der Waals surface area contributed by atoms with E-state index >= 15 is 0 Å². The first-order chi connectivity index (χ1) is 5.99. The number of anilines is 1. The summed E-state index contributed by atoms with van der Waals surface area (Å²) < 4.78 is 36.0. The Hall–Kier alpha value is -0.710. The van der Waals surface area contributed by atoms with Crippen molar-refractivity contribution in [1.82, 2.24) is 0 Å². The van der Waals surface area contributed by atoms with E-state index in [0.29, 0.717) is 10.2 Å². The van der Waals surface area contributed by atoms with E-state index in [4.69, 9.17) is 0 Å². The number of hydrogen-bond donors (Lipinski definition) is 1. The molecule has 0 heterocycles. The van der Waals surface area contributed by atoms with Crippen LogP contribution in [0.1, 0.15) is 0 Å². The average Bonchev–Trinajstić information content (AvgIpc) is 2.01. The predicted molar refractivity (Wildman–Crippen MR) is 48.7 cm³/mol. The molecule has 1 aromatic rings. The summed E-state index contributed by atoms with van der Waals surface area (Å²) in [5, 5.41) is 2.28. The third-order valence-corrected chi connectivity index (χ3v) is 2.04. The molecular weight excluding hydrogens is 247 g/mol. The highest BCUT2D eigenvalue weighted by atomic mass is 79.9. The van der Waals surface area contributed by atoms with Crippen LogP contribution in [-0.2, 0) is 0 Å². The zero-order valence-electron chi connectivity index (χ0n) is 6.53. The molecule has 1 nitrogen and oxygen atoms in total. The van der Waals surface area contributed by atoms with Crippen molar-refractivity contribution in [1.29, 1.82) is 0 Å². The number of nitrogens with one attached hydrogen (secondary N) is 1. The largest absolute Gasteiger partial charge is 0.405 e. The molecule has 0 aliphatic carbocycles. The van der Waals surface area contributed by atoms with Gasteiger partial charge < -0.3 is 5.32 Å². The summed E-state index contributed by atoms with van der Waals surface area (Å²) >= 11 is 3.13. The van der Waals surface area contributed by atoms with Gasteiger partial charge in [0, 0.05) is 10.2 Å². The maximum Gasteiger partial charge on any atom is 0.405 e. The van der Waals surface area contributed by atoms with E-state index in [-0.39, 0.29) is 0 Å². The molecule has 0 atom stereocenters. The van der Waals surface area contributed by atoms with Crippen molar-refractivity contribution < 1.29 is 13.2 Å². The second-order valence-electron chi connectivity index (χ2n) is 2.45. The van der Waals surface area contributed by atoms with Gasteiger partial charge >= 0.3 is 6.18 Å². The number of halogens is 4. The van der Waals surface area contributed by atoms with Gasteiger partial charge in [0.1, 0.15) is 6.54 Å². The fraction of sp³-hybridized carbons (Fsp3) is 0.250. The Morgan fingerprint density at radius 3 is 2.38 bits per heavy atom. The molecule has 1 aromatic carbocycles. The third-order valence-electron chi connectivity index (χ3n) is 1.35. The highest BCUT2D eigenvalue weighted by Gasteiger charge is 2.26. The Balaban J connectivity index is 2.60. The third kappa shape index (κ3) is 3.67. The van der Waals surface area contributed by atoms with Crippen LogP contribution in [0.15, 0.2) is 28.7 Å². The minimum Gasteiger partial charge on any atom is -0.376 e. The molecule has 0 saturated carbocycles. The van der Waals surface area contributed by atoms with Gasteiger partial charge in [-0.2, -0.15) is 13.2 Å². The molecular formula is C8H7BrF3N. The zero-order chi connectivity index (χ0) is 9.90. The Bertz CT molecular complexity index is 285. The number of benzene rings is 1. The summed E-state index contributed by atoms with van der Waals surface area (Å²) in [6, 6.07) is 6.67. The van der Waals surface area contributed by atoms with Gasteiger partial charge in [-0.1, -0.05) is 12.1 Å². The van der Waals surface area contributed by atoms with Gasteiger partial charge in [-0.15, -0.1) is 0 Å². The summed E-state index contributed by atoms with van der Waals surface area (Å²) in [4.78, 5) is 0. The van der Waals surface area contributed by atoms with Crippen LogP contribution in [0, 0.1) is 0 Å². The highest BCUT2D eigenvalue weighted by molar-refractivity contribution is 9.10. The first kappa shape index (κ1) is 10.4. The van der Waals surface area contributed by atoms with E-state index in [1.165, 1.54) is 0 Å². The van der Waals surface area contributed by atoms with E-state index in [1.54, 1.807) is 24.3 Å². The van der Waals surface area contributed by atoms with E-state index in [2.05, 4.69) is 21.2 Å². The molecule has 0 radical (unpaired) electrons. The molecule has 0 amide bonds. The van der Waals surface area contributed by atoms with Crippen LogP contribution in [0.2, 0.25) is 0 Å².